The Hall–Kier alpha value is -6.70. The zero-order valence-corrected chi connectivity index (χ0v) is 31.0. The largest absolute Gasteiger partial charge is 0.310 e. The molecular formula is C54H39N. The van der Waals surface area contributed by atoms with Crippen molar-refractivity contribution in [1.29, 1.82) is 0 Å². The maximum absolute atomic E-state index is 2.50. The Morgan fingerprint density at radius 2 is 0.855 bits per heavy atom. The van der Waals surface area contributed by atoms with Crippen molar-refractivity contribution in [3.8, 4) is 22.3 Å². The molecule has 0 saturated heterocycles. The van der Waals surface area contributed by atoms with E-state index in [4.69, 9.17) is 0 Å². The van der Waals surface area contributed by atoms with Crippen LogP contribution in [0.2, 0.25) is 0 Å². The third-order valence-corrected chi connectivity index (χ3v) is 12.5. The molecule has 0 radical (unpaired) electrons. The first-order valence-electron chi connectivity index (χ1n) is 19.3. The fraction of sp³-hybridized carbons (Fsp3) is 0.0741. The molecule has 2 aliphatic rings. The van der Waals surface area contributed by atoms with E-state index in [-0.39, 0.29) is 5.41 Å². The Morgan fingerprint density at radius 1 is 0.345 bits per heavy atom. The number of anilines is 3. The molecular weight excluding hydrogens is 663 g/mol. The summed E-state index contributed by atoms with van der Waals surface area (Å²) >= 11 is 0. The lowest BCUT2D eigenvalue weighted by atomic mass is 9.67. The van der Waals surface area contributed by atoms with E-state index in [1.165, 1.54) is 77.2 Å². The van der Waals surface area contributed by atoms with Gasteiger partial charge >= 0.3 is 0 Å². The van der Waals surface area contributed by atoms with Crippen LogP contribution in [-0.4, -0.2) is 0 Å². The molecule has 11 rings (SSSR count). The van der Waals surface area contributed by atoms with Gasteiger partial charge in [-0.1, -0.05) is 172 Å². The van der Waals surface area contributed by atoms with E-state index in [2.05, 4.69) is 219 Å². The maximum atomic E-state index is 2.50. The molecule has 1 heteroatoms. The highest BCUT2D eigenvalue weighted by molar-refractivity contribution is 6.01. The van der Waals surface area contributed by atoms with Crippen molar-refractivity contribution < 1.29 is 0 Å². The van der Waals surface area contributed by atoms with Crippen molar-refractivity contribution in [2.75, 3.05) is 4.90 Å². The van der Waals surface area contributed by atoms with Crippen molar-refractivity contribution >= 4 is 38.6 Å². The van der Waals surface area contributed by atoms with Gasteiger partial charge in [-0.2, -0.15) is 0 Å². The van der Waals surface area contributed by atoms with Gasteiger partial charge in [-0.25, -0.2) is 0 Å². The van der Waals surface area contributed by atoms with Crippen LogP contribution in [-0.2, 0) is 10.8 Å². The highest BCUT2D eigenvalue weighted by atomic mass is 15.1. The van der Waals surface area contributed by atoms with E-state index < -0.39 is 5.41 Å². The van der Waals surface area contributed by atoms with Crippen LogP contribution < -0.4 is 4.90 Å². The van der Waals surface area contributed by atoms with Crippen LogP contribution in [0.1, 0.15) is 47.2 Å². The van der Waals surface area contributed by atoms with Gasteiger partial charge in [0.15, 0.2) is 0 Å². The molecule has 0 N–H and O–H groups in total. The monoisotopic (exact) mass is 701 g/mol. The Kier molecular flexibility index (Phi) is 6.88. The fourth-order valence-electron chi connectivity index (χ4n) is 9.96. The van der Waals surface area contributed by atoms with Gasteiger partial charge in [-0.15, -0.1) is 0 Å². The summed E-state index contributed by atoms with van der Waals surface area (Å²) in [6, 6.07) is 74.7. The van der Waals surface area contributed by atoms with Gasteiger partial charge in [-0.05, 0) is 114 Å². The third-order valence-electron chi connectivity index (χ3n) is 12.5. The predicted octanol–water partition coefficient (Wildman–Crippen LogP) is 14.1. The molecule has 0 atom stereocenters. The molecule has 0 fully saturated rings. The van der Waals surface area contributed by atoms with E-state index in [1.807, 2.05) is 0 Å². The van der Waals surface area contributed by atoms with E-state index in [1.54, 1.807) is 0 Å². The predicted molar refractivity (Wildman–Crippen MR) is 231 cm³/mol. The minimum atomic E-state index is -0.529. The van der Waals surface area contributed by atoms with Crippen molar-refractivity contribution in [3.63, 3.8) is 0 Å². The van der Waals surface area contributed by atoms with Gasteiger partial charge in [0, 0.05) is 22.2 Å². The van der Waals surface area contributed by atoms with Crippen LogP contribution in [0.5, 0.6) is 0 Å². The molecule has 1 nitrogen and oxygen atoms in total. The summed E-state index contributed by atoms with van der Waals surface area (Å²) in [5.41, 5.74) is 15.9. The van der Waals surface area contributed by atoms with E-state index in [0.717, 1.165) is 17.1 Å². The number of hydrogen-bond acceptors (Lipinski definition) is 1. The Balaban J connectivity index is 1.22. The molecule has 0 aromatic heterocycles. The smallest absolute Gasteiger partial charge is 0.0714 e. The summed E-state index contributed by atoms with van der Waals surface area (Å²) in [6.07, 6.45) is 0. The van der Waals surface area contributed by atoms with E-state index in [0.29, 0.717) is 0 Å². The fourth-order valence-corrected chi connectivity index (χ4v) is 9.96. The highest BCUT2D eigenvalue weighted by Gasteiger charge is 2.47. The van der Waals surface area contributed by atoms with Gasteiger partial charge in [0.05, 0.1) is 11.1 Å². The summed E-state index contributed by atoms with van der Waals surface area (Å²) in [5.74, 6) is 0. The number of hydrogen-bond donors (Lipinski definition) is 0. The quantitative estimate of drug-likeness (QED) is 0.173. The number of rotatable bonds is 5. The van der Waals surface area contributed by atoms with Crippen molar-refractivity contribution in [3.05, 3.63) is 234 Å². The van der Waals surface area contributed by atoms with Crippen molar-refractivity contribution in [1.82, 2.24) is 0 Å². The molecule has 0 saturated carbocycles. The number of benzene rings is 9. The van der Waals surface area contributed by atoms with Crippen LogP contribution in [0.15, 0.2) is 200 Å². The van der Waals surface area contributed by atoms with E-state index >= 15 is 0 Å². The first-order valence-corrected chi connectivity index (χ1v) is 19.3. The average molecular weight is 702 g/mol. The number of nitrogens with zero attached hydrogens (tertiary/aromatic N) is 1. The molecule has 55 heavy (non-hydrogen) atoms. The van der Waals surface area contributed by atoms with Gasteiger partial charge in [0.1, 0.15) is 0 Å². The molecule has 0 heterocycles. The standard InChI is InChI=1S/C54H39N/c1-53(2)48-26-14-13-25-44(48)45-30-28-41(34-49(45)53)55(52-27-15-19-36-16-11-12-24-43(36)52)42-29-31-46-47-32-37-17-9-10-18-38(37)33-50(47)54(51(46)35-42,39-20-5-3-6-21-39)40-22-7-4-8-23-40/h3-35H,1-2H3. The third kappa shape index (κ3) is 4.53. The molecule has 260 valence electrons. The molecule has 0 bridgehead atoms. The van der Waals surface area contributed by atoms with E-state index in [9.17, 15) is 0 Å². The lowest BCUT2D eigenvalue weighted by Crippen LogP contribution is -2.28. The summed E-state index contributed by atoms with van der Waals surface area (Å²) in [6.45, 7) is 4.74. The second-order valence-corrected chi connectivity index (χ2v) is 15.7. The SMILES string of the molecule is CC1(C)c2ccccc2-c2ccc(N(c3ccc4c(c3)C(c3ccccc3)(c3ccccc3)c3cc5ccccc5cc3-4)c3cccc4ccccc34)cc21. The second kappa shape index (κ2) is 11.9. The molecule has 0 aliphatic heterocycles. The Morgan fingerprint density at radius 3 is 1.56 bits per heavy atom. The summed E-state index contributed by atoms with van der Waals surface area (Å²) in [4.78, 5) is 2.50. The normalized spacial score (nSPS) is 14.3. The van der Waals surface area contributed by atoms with Crippen LogP contribution in [0, 0.1) is 0 Å². The van der Waals surface area contributed by atoms with Crippen molar-refractivity contribution in [2.24, 2.45) is 0 Å². The van der Waals surface area contributed by atoms with Crippen LogP contribution in [0.3, 0.4) is 0 Å². The van der Waals surface area contributed by atoms with Crippen molar-refractivity contribution in [2.45, 2.75) is 24.7 Å². The zero-order valence-electron chi connectivity index (χ0n) is 31.0. The van der Waals surface area contributed by atoms with Crippen LogP contribution in [0.4, 0.5) is 17.1 Å². The summed E-state index contributed by atoms with van der Waals surface area (Å²) < 4.78 is 0. The average Bonchev–Trinajstić information content (AvgIpc) is 3.65. The number of fused-ring (bicyclic) bond motifs is 8. The van der Waals surface area contributed by atoms with Crippen LogP contribution in [0.25, 0.3) is 43.8 Å². The zero-order chi connectivity index (χ0) is 36.7. The molecule has 9 aromatic rings. The first kappa shape index (κ1) is 31.8. The molecule has 0 unspecified atom stereocenters. The first-order chi connectivity index (χ1) is 27.0. The lowest BCUT2D eigenvalue weighted by molar-refractivity contribution is 0.660. The van der Waals surface area contributed by atoms with Gasteiger partial charge in [0.25, 0.3) is 0 Å². The molecule has 2 aliphatic carbocycles. The maximum Gasteiger partial charge on any atom is 0.0714 e. The molecule has 0 spiro atoms. The summed E-state index contributed by atoms with van der Waals surface area (Å²) in [5, 5.41) is 4.96. The van der Waals surface area contributed by atoms with Gasteiger partial charge in [0.2, 0.25) is 0 Å². The minimum Gasteiger partial charge on any atom is -0.310 e. The highest BCUT2D eigenvalue weighted by Crippen LogP contribution is 2.58. The van der Waals surface area contributed by atoms with Gasteiger partial charge in [-0.3, -0.25) is 0 Å². The van der Waals surface area contributed by atoms with Gasteiger partial charge < -0.3 is 4.90 Å². The topological polar surface area (TPSA) is 3.24 Å². The molecule has 0 amide bonds. The van der Waals surface area contributed by atoms with Crippen LogP contribution >= 0.6 is 0 Å². The minimum absolute atomic E-state index is 0.121. The lowest BCUT2D eigenvalue weighted by Gasteiger charge is -2.35. The second-order valence-electron chi connectivity index (χ2n) is 15.7. The molecule has 9 aromatic carbocycles. The Labute approximate surface area is 322 Å². The Bertz CT molecular complexity index is 2910. The summed E-state index contributed by atoms with van der Waals surface area (Å²) in [7, 11) is 0.